The lowest BCUT2D eigenvalue weighted by atomic mass is 10.6. The van der Waals surface area contributed by atoms with E-state index in [-0.39, 0.29) is 0 Å². The van der Waals surface area contributed by atoms with Crippen LogP contribution in [0.5, 0.6) is 0 Å². The summed E-state index contributed by atoms with van der Waals surface area (Å²) in [5.74, 6) is 0. The number of aliphatic imine (C=N–C) groups is 1. The first-order valence-corrected chi connectivity index (χ1v) is 2.44. The summed E-state index contributed by atoms with van der Waals surface area (Å²) in [5, 5.41) is 3.14. The molecule has 2 nitrogen and oxygen atoms in total. The molecule has 0 bridgehead atoms. The van der Waals surface area contributed by atoms with E-state index in [2.05, 4.69) is 10.3 Å². The zero-order chi connectivity index (χ0) is 4.69. The molecule has 7 heavy (non-hydrogen) atoms. The predicted octanol–water partition coefficient (Wildman–Crippen LogP) is 0.274. The van der Waals surface area contributed by atoms with Gasteiger partial charge in [0.2, 0.25) is 0 Å². The molecule has 1 unspecified atom stereocenters. The summed E-state index contributed by atoms with van der Waals surface area (Å²) in [6.07, 6.45) is 4.85. The van der Waals surface area contributed by atoms with Crippen molar-refractivity contribution in [1.82, 2.24) is 5.32 Å². The molecule has 1 aliphatic heterocycles. The molecule has 0 radical (unpaired) electrons. The molecule has 0 aromatic heterocycles. The Labute approximate surface area is 41.9 Å². The van der Waals surface area contributed by atoms with Crippen LogP contribution in [0.4, 0.5) is 0 Å². The molecule has 1 heterocycles. The number of nitrogens with zero attached hydrogens (tertiary/aromatic N) is 1. The summed E-state index contributed by atoms with van der Waals surface area (Å²) in [6, 6.07) is 0.616. The van der Waals surface area contributed by atoms with E-state index in [0.29, 0.717) is 6.04 Å². The molecule has 1 atom stereocenters. The quantitative estimate of drug-likeness (QED) is 0.458. The maximum atomic E-state index is 4.08. The first kappa shape index (κ1) is 3.24. The van der Waals surface area contributed by atoms with Crippen LogP contribution in [-0.4, -0.2) is 11.8 Å². The molecule has 0 aromatic rings. The van der Waals surface area contributed by atoms with E-state index in [9.17, 15) is 0 Å². The van der Waals surface area contributed by atoms with Crippen molar-refractivity contribution in [2.24, 2.45) is 4.99 Å². The van der Waals surface area contributed by atoms with Crippen molar-refractivity contribution in [2.75, 3.05) is 0 Å². The SMILES string of the molecule is C1=CNC2CC2=N1. The fraction of sp³-hybridized carbons (Fsp3) is 0.400. The molecule has 1 saturated carbocycles. The van der Waals surface area contributed by atoms with E-state index < -0.39 is 0 Å². The number of rotatable bonds is 0. The topological polar surface area (TPSA) is 24.4 Å². The van der Waals surface area contributed by atoms with Crippen molar-refractivity contribution in [1.29, 1.82) is 0 Å². The first-order valence-electron chi connectivity index (χ1n) is 2.44. The van der Waals surface area contributed by atoms with Gasteiger partial charge < -0.3 is 5.32 Å². The van der Waals surface area contributed by atoms with Crippen LogP contribution in [0.15, 0.2) is 17.4 Å². The standard InChI is InChI=1S/C5H6N2/c1-2-7-5-3-4(5)6-1/h1-2,4,6H,3H2. The highest BCUT2D eigenvalue weighted by Gasteiger charge is 2.31. The van der Waals surface area contributed by atoms with Crippen LogP contribution in [0.25, 0.3) is 0 Å². The lowest BCUT2D eigenvalue weighted by Gasteiger charge is -1.93. The molecule has 1 aliphatic carbocycles. The van der Waals surface area contributed by atoms with Crippen LogP contribution in [0.1, 0.15) is 6.42 Å². The molecular formula is C5H6N2. The van der Waals surface area contributed by atoms with Gasteiger partial charge in [0.25, 0.3) is 0 Å². The van der Waals surface area contributed by atoms with Crippen molar-refractivity contribution in [3.05, 3.63) is 12.4 Å². The van der Waals surface area contributed by atoms with Gasteiger partial charge in [0.15, 0.2) is 0 Å². The molecular weight excluding hydrogens is 88.1 g/mol. The molecule has 0 saturated heterocycles. The monoisotopic (exact) mass is 94.1 g/mol. The Morgan fingerprint density at radius 1 is 1.86 bits per heavy atom. The van der Waals surface area contributed by atoms with Crippen LogP contribution >= 0.6 is 0 Å². The molecule has 1 fully saturated rings. The van der Waals surface area contributed by atoms with Crippen LogP contribution in [0, 0.1) is 0 Å². The van der Waals surface area contributed by atoms with Gasteiger partial charge in [0, 0.05) is 24.5 Å². The van der Waals surface area contributed by atoms with Gasteiger partial charge in [0.05, 0.1) is 6.04 Å². The van der Waals surface area contributed by atoms with Crippen molar-refractivity contribution < 1.29 is 0 Å². The van der Waals surface area contributed by atoms with Crippen molar-refractivity contribution in [3.8, 4) is 0 Å². The highest BCUT2D eigenvalue weighted by Crippen LogP contribution is 2.18. The van der Waals surface area contributed by atoms with Crippen molar-refractivity contribution in [2.45, 2.75) is 12.5 Å². The maximum absolute atomic E-state index is 4.08. The summed E-state index contributed by atoms with van der Waals surface area (Å²) in [6.45, 7) is 0. The van der Waals surface area contributed by atoms with Gasteiger partial charge in [-0.3, -0.25) is 4.99 Å². The Morgan fingerprint density at radius 3 is 3.43 bits per heavy atom. The zero-order valence-corrected chi connectivity index (χ0v) is 3.89. The third-order valence-corrected chi connectivity index (χ3v) is 1.27. The van der Waals surface area contributed by atoms with Crippen LogP contribution < -0.4 is 5.32 Å². The van der Waals surface area contributed by atoms with Gasteiger partial charge in [-0.05, 0) is 0 Å². The van der Waals surface area contributed by atoms with E-state index in [0.717, 1.165) is 6.42 Å². The fourth-order valence-corrected chi connectivity index (χ4v) is 0.740. The second-order valence-electron chi connectivity index (χ2n) is 1.86. The van der Waals surface area contributed by atoms with E-state index >= 15 is 0 Å². The lowest BCUT2D eigenvalue weighted by molar-refractivity contribution is 0.887. The second kappa shape index (κ2) is 0.886. The molecule has 0 amide bonds. The summed E-state index contributed by atoms with van der Waals surface area (Å²) in [5.41, 5.74) is 1.31. The lowest BCUT2D eigenvalue weighted by Crippen LogP contribution is -2.11. The highest BCUT2D eigenvalue weighted by molar-refractivity contribution is 6.05. The van der Waals surface area contributed by atoms with Crippen molar-refractivity contribution in [3.63, 3.8) is 0 Å². The first-order chi connectivity index (χ1) is 3.47. The molecule has 2 heteroatoms. The average Bonchev–Trinajstić information content (AvgIpc) is 2.41. The number of nitrogens with one attached hydrogen (secondary N) is 1. The van der Waals surface area contributed by atoms with Gasteiger partial charge >= 0.3 is 0 Å². The minimum Gasteiger partial charge on any atom is -0.381 e. The van der Waals surface area contributed by atoms with Crippen LogP contribution in [-0.2, 0) is 0 Å². The predicted molar refractivity (Wildman–Crippen MR) is 28.1 cm³/mol. The Hall–Kier alpha value is -0.790. The molecule has 2 rings (SSSR count). The van der Waals surface area contributed by atoms with Gasteiger partial charge in [-0.15, -0.1) is 0 Å². The third-order valence-electron chi connectivity index (χ3n) is 1.27. The second-order valence-corrected chi connectivity index (χ2v) is 1.86. The summed E-state index contributed by atoms with van der Waals surface area (Å²) < 4.78 is 0. The maximum Gasteiger partial charge on any atom is 0.0694 e. The van der Waals surface area contributed by atoms with E-state index in [1.165, 1.54) is 5.71 Å². The Bertz CT molecular complexity index is 146. The van der Waals surface area contributed by atoms with Crippen molar-refractivity contribution >= 4 is 5.71 Å². The molecule has 0 spiro atoms. The van der Waals surface area contributed by atoms with Gasteiger partial charge in [0.1, 0.15) is 0 Å². The number of fused-ring (bicyclic) bond motifs is 1. The molecule has 0 aromatic carbocycles. The van der Waals surface area contributed by atoms with Gasteiger partial charge in [-0.1, -0.05) is 0 Å². The van der Waals surface area contributed by atoms with Gasteiger partial charge in [-0.25, -0.2) is 0 Å². The van der Waals surface area contributed by atoms with E-state index in [4.69, 9.17) is 0 Å². The highest BCUT2D eigenvalue weighted by atomic mass is 15.0. The fourth-order valence-electron chi connectivity index (χ4n) is 0.740. The molecule has 1 N–H and O–H groups in total. The molecule has 36 valence electrons. The van der Waals surface area contributed by atoms with Gasteiger partial charge in [-0.2, -0.15) is 0 Å². The summed E-state index contributed by atoms with van der Waals surface area (Å²) >= 11 is 0. The Kier molecular flexibility index (Phi) is 0.410. The van der Waals surface area contributed by atoms with E-state index in [1.807, 2.05) is 6.20 Å². The normalized spacial score (nSPS) is 33.1. The summed E-state index contributed by atoms with van der Waals surface area (Å²) in [7, 11) is 0. The number of hydrogen-bond acceptors (Lipinski definition) is 2. The summed E-state index contributed by atoms with van der Waals surface area (Å²) in [4.78, 5) is 4.08. The largest absolute Gasteiger partial charge is 0.381 e. The third kappa shape index (κ3) is 0.360. The zero-order valence-electron chi connectivity index (χ0n) is 3.89. The minimum absolute atomic E-state index is 0.616. The van der Waals surface area contributed by atoms with Crippen LogP contribution in [0.3, 0.4) is 0 Å². The Morgan fingerprint density at radius 2 is 2.86 bits per heavy atom. The average molecular weight is 94.1 g/mol. The van der Waals surface area contributed by atoms with Crippen LogP contribution in [0.2, 0.25) is 0 Å². The molecule has 2 aliphatic rings. The Balaban J connectivity index is 2.31. The minimum atomic E-state index is 0.616. The number of hydrogen-bond donors (Lipinski definition) is 1. The van der Waals surface area contributed by atoms with E-state index in [1.54, 1.807) is 6.20 Å². The smallest absolute Gasteiger partial charge is 0.0694 e.